The number of carbonyl (C=O) groups is 1. The molecule has 20 heavy (non-hydrogen) atoms. The van der Waals surface area contributed by atoms with Crippen molar-refractivity contribution in [3.05, 3.63) is 46.2 Å². The van der Waals surface area contributed by atoms with E-state index >= 15 is 0 Å². The fourth-order valence-corrected chi connectivity index (χ4v) is 3.00. The molecule has 0 radical (unpaired) electrons. The maximum absolute atomic E-state index is 11.1. The summed E-state index contributed by atoms with van der Waals surface area (Å²) in [4.78, 5) is 19.9. The SMILES string of the molecule is Cc1csc(C(C)n2cnc3ccc(C(=O)O)cc32)n1. The van der Waals surface area contributed by atoms with E-state index in [9.17, 15) is 4.79 Å². The first-order valence-corrected chi connectivity index (χ1v) is 7.06. The number of carboxylic acids is 1. The van der Waals surface area contributed by atoms with Crippen molar-refractivity contribution in [3.63, 3.8) is 0 Å². The van der Waals surface area contributed by atoms with Gasteiger partial charge in [0.1, 0.15) is 5.01 Å². The van der Waals surface area contributed by atoms with Crippen LogP contribution in [0.5, 0.6) is 0 Å². The Bertz CT molecular complexity index is 791. The lowest BCUT2D eigenvalue weighted by Crippen LogP contribution is -2.06. The first kappa shape index (κ1) is 12.8. The topological polar surface area (TPSA) is 68.0 Å². The number of fused-ring (bicyclic) bond motifs is 1. The number of aromatic nitrogens is 3. The van der Waals surface area contributed by atoms with E-state index in [1.165, 1.54) is 0 Å². The molecule has 1 unspecified atom stereocenters. The fraction of sp³-hybridized carbons (Fsp3) is 0.214. The third-order valence-corrected chi connectivity index (χ3v) is 4.37. The molecule has 0 aliphatic heterocycles. The van der Waals surface area contributed by atoms with Gasteiger partial charge in [0, 0.05) is 11.1 Å². The maximum Gasteiger partial charge on any atom is 0.335 e. The van der Waals surface area contributed by atoms with E-state index in [0.717, 1.165) is 21.7 Å². The number of imidazole rings is 1. The Morgan fingerprint density at radius 2 is 2.25 bits per heavy atom. The highest BCUT2D eigenvalue weighted by atomic mass is 32.1. The van der Waals surface area contributed by atoms with Gasteiger partial charge in [-0.15, -0.1) is 11.3 Å². The minimum absolute atomic E-state index is 0.0303. The lowest BCUT2D eigenvalue weighted by molar-refractivity contribution is 0.0697. The van der Waals surface area contributed by atoms with Crippen molar-refractivity contribution in [2.45, 2.75) is 19.9 Å². The van der Waals surface area contributed by atoms with Crippen LogP contribution in [-0.4, -0.2) is 25.6 Å². The van der Waals surface area contributed by atoms with Crippen molar-refractivity contribution in [2.24, 2.45) is 0 Å². The molecule has 0 fully saturated rings. The minimum Gasteiger partial charge on any atom is -0.478 e. The summed E-state index contributed by atoms with van der Waals surface area (Å²) in [5.41, 5.74) is 2.86. The van der Waals surface area contributed by atoms with Crippen LogP contribution in [0.25, 0.3) is 11.0 Å². The molecule has 2 aromatic heterocycles. The predicted octanol–water partition coefficient (Wildman–Crippen LogP) is 3.11. The van der Waals surface area contributed by atoms with Crippen LogP contribution in [0.2, 0.25) is 0 Å². The van der Waals surface area contributed by atoms with E-state index in [2.05, 4.69) is 9.97 Å². The van der Waals surface area contributed by atoms with Gasteiger partial charge in [0.25, 0.3) is 0 Å². The van der Waals surface area contributed by atoms with Gasteiger partial charge in [0.05, 0.1) is 29.0 Å². The van der Waals surface area contributed by atoms with Gasteiger partial charge in [0.2, 0.25) is 0 Å². The van der Waals surface area contributed by atoms with Gasteiger partial charge in [-0.1, -0.05) is 0 Å². The highest BCUT2D eigenvalue weighted by molar-refractivity contribution is 7.09. The van der Waals surface area contributed by atoms with Crippen LogP contribution in [-0.2, 0) is 0 Å². The second kappa shape index (κ2) is 4.72. The number of aryl methyl sites for hydroxylation is 1. The quantitative estimate of drug-likeness (QED) is 0.803. The molecule has 0 aliphatic rings. The lowest BCUT2D eigenvalue weighted by Gasteiger charge is -2.11. The summed E-state index contributed by atoms with van der Waals surface area (Å²) < 4.78 is 1.96. The third-order valence-electron chi connectivity index (χ3n) is 3.23. The molecule has 0 bridgehead atoms. The number of hydrogen-bond acceptors (Lipinski definition) is 4. The van der Waals surface area contributed by atoms with Gasteiger partial charge in [-0.3, -0.25) is 0 Å². The summed E-state index contributed by atoms with van der Waals surface area (Å²) in [6.07, 6.45) is 1.73. The molecule has 0 saturated heterocycles. The second-order valence-electron chi connectivity index (χ2n) is 4.66. The largest absolute Gasteiger partial charge is 0.478 e. The van der Waals surface area contributed by atoms with Gasteiger partial charge in [-0.2, -0.15) is 0 Å². The van der Waals surface area contributed by atoms with Crippen LogP contribution >= 0.6 is 11.3 Å². The number of carboxylic acid groups (broad SMARTS) is 1. The van der Waals surface area contributed by atoms with Crippen molar-refractivity contribution >= 4 is 28.3 Å². The monoisotopic (exact) mass is 287 g/mol. The molecule has 0 saturated carbocycles. The van der Waals surface area contributed by atoms with Gasteiger partial charge in [-0.25, -0.2) is 14.8 Å². The van der Waals surface area contributed by atoms with Crippen molar-refractivity contribution in [1.82, 2.24) is 14.5 Å². The molecule has 6 heteroatoms. The van der Waals surface area contributed by atoms with Gasteiger partial charge >= 0.3 is 5.97 Å². The number of hydrogen-bond donors (Lipinski definition) is 1. The smallest absolute Gasteiger partial charge is 0.335 e. The van der Waals surface area contributed by atoms with Crippen molar-refractivity contribution in [2.75, 3.05) is 0 Å². The zero-order valence-corrected chi connectivity index (χ0v) is 11.9. The molecule has 3 rings (SSSR count). The van der Waals surface area contributed by atoms with E-state index in [1.807, 2.05) is 23.8 Å². The predicted molar refractivity (Wildman–Crippen MR) is 77.4 cm³/mol. The Labute approximate surface area is 119 Å². The molecule has 5 nitrogen and oxygen atoms in total. The van der Waals surface area contributed by atoms with E-state index in [0.29, 0.717) is 0 Å². The first-order valence-electron chi connectivity index (χ1n) is 6.18. The van der Waals surface area contributed by atoms with E-state index in [1.54, 1.807) is 35.9 Å². The number of aromatic carboxylic acids is 1. The first-order chi connectivity index (χ1) is 9.56. The number of nitrogens with zero attached hydrogens (tertiary/aromatic N) is 3. The summed E-state index contributed by atoms with van der Waals surface area (Å²) in [6, 6.07) is 4.99. The normalized spacial score (nSPS) is 12.7. The zero-order chi connectivity index (χ0) is 14.3. The van der Waals surface area contributed by atoms with Gasteiger partial charge < -0.3 is 9.67 Å². The lowest BCUT2D eigenvalue weighted by atomic mass is 10.2. The number of thiazole rings is 1. The zero-order valence-electron chi connectivity index (χ0n) is 11.1. The number of rotatable bonds is 3. The standard InChI is InChI=1S/C14H13N3O2S/c1-8-6-20-13(16-8)9(2)17-7-15-11-4-3-10(14(18)19)5-12(11)17/h3-7,9H,1-2H3,(H,18,19). The van der Waals surface area contributed by atoms with Crippen LogP contribution in [0.4, 0.5) is 0 Å². The van der Waals surface area contributed by atoms with E-state index < -0.39 is 5.97 Å². The van der Waals surface area contributed by atoms with Gasteiger partial charge in [0.15, 0.2) is 0 Å². The van der Waals surface area contributed by atoms with Crippen molar-refractivity contribution in [3.8, 4) is 0 Å². The van der Waals surface area contributed by atoms with Crippen molar-refractivity contribution < 1.29 is 9.90 Å². The molecule has 1 atom stereocenters. The molecule has 2 heterocycles. The molecular weight excluding hydrogens is 274 g/mol. The van der Waals surface area contributed by atoms with E-state index in [-0.39, 0.29) is 11.6 Å². The molecule has 102 valence electrons. The molecule has 1 aromatic carbocycles. The van der Waals surface area contributed by atoms with Crippen molar-refractivity contribution in [1.29, 1.82) is 0 Å². The Morgan fingerprint density at radius 1 is 1.45 bits per heavy atom. The van der Waals surface area contributed by atoms with E-state index in [4.69, 9.17) is 5.11 Å². The molecule has 3 aromatic rings. The Morgan fingerprint density at radius 3 is 2.90 bits per heavy atom. The Hall–Kier alpha value is -2.21. The minimum atomic E-state index is -0.933. The Kier molecular flexibility index (Phi) is 3.02. The van der Waals surface area contributed by atoms with Crippen LogP contribution in [0.15, 0.2) is 29.9 Å². The molecule has 0 amide bonds. The summed E-state index contributed by atoms with van der Waals surface area (Å²) >= 11 is 1.60. The summed E-state index contributed by atoms with van der Waals surface area (Å²) in [5.74, 6) is -0.933. The fourth-order valence-electron chi connectivity index (χ4n) is 2.15. The summed E-state index contributed by atoms with van der Waals surface area (Å²) in [6.45, 7) is 3.99. The Balaban J connectivity index is 2.11. The maximum atomic E-state index is 11.1. The summed E-state index contributed by atoms with van der Waals surface area (Å²) in [5, 5.41) is 12.1. The molecule has 0 aliphatic carbocycles. The third kappa shape index (κ3) is 2.08. The molecular formula is C14H13N3O2S. The van der Waals surface area contributed by atoms with Gasteiger partial charge in [-0.05, 0) is 32.0 Å². The number of benzene rings is 1. The molecule has 1 N–H and O–H groups in total. The summed E-state index contributed by atoms with van der Waals surface area (Å²) in [7, 11) is 0. The second-order valence-corrected chi connectivity index (χ2v) is 5.55. The average molecular weight is 287 g/mol. The highest BCUT2D eigenvalue weighted by Crippen LogP contribution is 2.26. The van der Waals surface area contributed by atoms with Crippen LogP contribution in [0, 0.1) is 6.92 Å². The molecule has 0 spiro atoms. The highest BCUT2D eigenvalue weighted by Gasteiger charge is 2.15. The van der Waals surface area contributed by atoms with Crippen LogP contribution in [0.3, 0.4) is 0 Å². The average Bonchev–Trinajstić information content (AvgIpc) is 3.03. The van der Waals surface area contributed by atoms with Crippen LogP contribution < -0.4 is 0 Å². The van der Waals surface area contributed by atoms with Crippen LogP contribution in [0.1, 0.15) is 34.0 Å².